The molecular formula is C21H23ClN4O3S2. The van der Waals surface area contributed by atoms with Crippen LogP contribution in [0.25, 0.3) is 0 Å². The number of aromatic nitrogens is 2. The number of nitrogens with zero attached hydrogens (tertiary/aromatic N) is 3. The van der Waals surface area contributed by atoms with Crippen LogP contribution in [0.15, 0.2) is 35.0 Å². The highest BCUT2D eigenvalue weighted by Gasteiger charge is 2.36. The molecule has 31 heavy (non-hydrogen) atoms. The van der Waals surface area contributed by atoms with E-state index in [9.17, 15) is 9.59 Å². The van der Waals surface area contributed by atoms with Crippen LogP contribution in [0.3, 0.4) is 0 Å². The summed E-state index contributed by atoms with van der Waals surface area (Å²) in [5.41, 5.74) is 0.833. The highest BCUT2D eigenvalue weighted by molar-refractivity contribution is 7.16. The highest BCUT2D eigenvalue weighted by atomic mass is 35.5. The Bertz CT molecular complexity index is 1080. The van der Waals surface area contributed by atoms with E-state index in [1.54, 1.807) is 16.3 Å². The van der Waals surface area contributed by atoms with E-state index >= 15 is 0 Å². The predicted molar refractivity (Wildman–Crippen MR) is 123 cm³/mol. The second kappa shape index (κ2) is 8.64. The molecule has 4 heterocycles. The maximum atomic E-state index is 13.0. The molecule has 0 unspecified atom stereocenters. The highest BCUT2D eigenvalue weighted by Crippen LogP contribution is 2.30. The van der Waals surface area contributed by atoms with E-state index in [2.05, 4.69) is 10.4 Å². The van der Waals surface area contributed by atoms with Crippen LogP contribution in [0.1, 0.15) is 47.6 Å². The normalized spacial score (nSPS) is 14.4. The van der Waals surface area contributed by atoms with E-state index in [0.29, 0.717) is 31.0 Å². The van der Waals surface area contributed by atoms with Gasteiger partial charge in [-0.1, -0.05) is 11.6 Å². The minimum atomic E-state index is -0.529. The Hall–Kier alpha value is -2.36. The number of hydrogen-bond donors (Lipinski definition) is 1. The predicted octanol–water partition coefficient (Wildman–Crippen LogP) is 5.29. The largest absolute Gasteiger partial charge is 0.444 e. The van der Waals surface area contributed by atoms with Gasteiger partial charge in [0.2, 0.25) is 0 Å². The first-order valence-electron chi connectivity index (χ1n) is 9.82. The molecule has 1 fully saturated rings. The minimum Gasteiger partial charge on any atom is -0.444 e. The van der Waals surface area contributed by atoms with Gasteiger partial charge in [-0.3, -0.25) is 4.79 Å². The number of anilines is 1. The Morgan fingerprint density at radius 3 is 2.68 bits per heavy atom. The minimum absolute atomic E-state index is 0.0563. The number of carbonyl (C=O) groups excluding carboxylic acids is 2. The topological polar surface area (TPSA) is 76.5 Å². The molecule has 0 aromatic carbocycles. The number of carbonyl (C=O) groups is 2. The van der Waals surface area contributed by atoms with Gasteiger partial charge in [0.15, 0.2) is 0 Å². The number of rotatable bonds is 5. The maximum Gasteiger partial charge on any atom is 0.410 e. The second-order valence-electron chi connectivity index (χ2n) is 8.33. The summed E-state index contributed by atoms with van der Waals surface area (Å²) in [6, 6.07) is 7.47. The Labute approximate surface area is 193 Å². The Balaban J connectivity index is 1.50. The fourth-order valence-corrected chi connectivity index (χ4v) is 4.81. The molecule has 1 N–H and O–H groups in total. The second-order valence-corrected chi connectivity index (χ2v) is 10.9. The quantitative estimate of drug-likeness (QED) is 0.538. The average molecular weight is 479 g/mol. The van der Waals surface area contributed by atoms with Gasteiger partial charge in [0.25, 0.3) is 5.91 Å². The third-order valence-electron chi connectivity index (χ3n) is 4.71. The van der Waals surface area contributed by atoms with Crippen LogP contribution < -0.4 is 5.32 Å². The summed E-state index contributed by atoms with van der Waals surface area (Å²) in [7, 11) is 0. The molecule has 0 saturated carbocycles. The van der Waals surface area contributed by atoms with Crippen molar-refractivity contribution in [1.82, 2.24) is 14.7 Å². The van der Waals surface area contributed by atoms with Crippen molar-refractivity contribution in [3.63, 3.8) is 0 Å². The number of ether oxygens (including phenoxy) is 1. The Kier molecular flexibility index (Phi) is 6.09. The van der Waals surface area contributed by atoms with E-state index < -0.39 is 5.60 Å². The zero-order valence-electron chi connectivity index (χ0n) is 17.4. The van der Waals surface area contributed by atoms with E-state index in [1.807, 2.05) is 44.4 Å². The fourth-order valence-electron chi connectivity index (χ4n) is 3.15. The van der Waals surface area contributed by atoms with Gasteiger partial charge >= 0.3 is 6.09 Å². The van der Waals surface area contributed by atoms with Crippen molar-refractivity contribution in [1.29, 1.82) is 0 Å². The molecule has 1 amide bonds. The van der Waals surface area contributed by atoms with E-state index in [4.69, 9.17) is 16.3 Å². The zero-order valence-corrected chi connectivity index (χ0v) is 19.8. The fraction of sp³-hybridized carbons (Fsp3) is 0.381. The van der Waals surface area contributed by atoms with Gasteiger partial charge in [0.05, 0.1) is 22.1 Å². The van der Waals surface area contributed by atoms with Gasteiger partial charge in [0, 0.05) is 35.3 Å². The number of halogens is 1. The van der Waals surface area contributed by atoms with Crippen molar-refractivity contribution in [2.75, 3.05) is 18.4 Å². The lowest BCUT2D eigenvalue weighted by atomic mass is 9.97. The molecule has 4 rings (SSSR count). The number of likely N-dealkylation sites (tertiary alicyclic amines) is 1. The summed E-state index contributed by atoms with van der Waals surface area (Å²) >= 11 is 8.97. The van der Waals surface area contributed by atoms with Gasteiger partial charge < -0.3 is 15.0 Å². The molecule has 3 aromatic heterocycles. The molecule has 3 aromatic rings. The first-order valence-corrected chi connectivity index (χ1v) is 12.0. The molecule has 0 radical (unpaired) electrons. The molecule has 0 spiro atoms. The van der Waals surface area contributed by atoms with Crippen LogP contribution in [0.4, 0.5) is 10.6 Å². The van der Waals surface area contributed by atoms with Crippen LogP contribution in [0.2, 0.25) is 4.34 Å². The zero-order chi connectivity index (χ0) is 22.2. The summed E-state index contributed by atoms with van der Waals surface area (Å²) < 4.78 is 7.54. The van der Waals surface area contributed by atoms with Crippen LogP contribution in [0.5, 0.6) is 0 Å². The van der Waals surface area contributed by atoms with Crippen molar-refractivity contribution in [2.45, 2.75) is 38.8 Å². The lowest BCUT2D eigenvalue weighted by molar-refractivity contribution is 0.00780. The summed E-state index contributed by atoms with van der Waals surface area (Å²) in [5, 5.41) is 11.6. The molecule has 0 bridgehead atoms. The molecule has 0 aliphatic carbocycles. The summed E-state index contributed by atoms with van der Waals surface area (Å²) in [5.74, 6) is 0.481. The molecule has 1 aliphatic rings. The van der Waals surface area contributed by atoms with Gasteiger partial charge in [-0.25, -0.2) is 4.79 Å². The number of hydrogen-bond acceptors (Lipinski definition) is 7. The summed E-state index contributed by atoms with van der Waals surface area (Å²) in [4.78, 5) is 27.9. The van der Waals surface area contributed by atoms with Crippen molar-refractivity contribution < 1.29 is 14.3 Å². The van der Waals surface area contributed by atoms with Crippen molar-refractivity contribution in [3.8, 4) is 0 Å². The van der Waals surface area contributed by atoms with Crippen LogP contribution in [0, 0.1) is 0 Å². The number of amides is 1. The molecule has 1 aliphatic heterocycles. The van der Waals surface area contributed by atoms with Crippen molar-refractivity contribution in [3.05, 3.63) is 55.5 Å². The van der Waals surface area contributed by atoms with Gasteiger partial charge in [-0.15, -0.1) is 11.3 Å². The number of nitrogens with one attached hydrogen (secondary N) is 1. The smallest absolute Gasteiger partial charge is 0.410 e. The molecule has 7 nitrogen and oxygen atoms in total. The number of thiophene rings is 2. The van der Waals surface area contributed by atoms with E-state index in [-0.39, 0.29) is 17.9 Å². The van der Waals surface area contributed by atoms with Gasteiger partial charge in [0.1, 0.15) is 11.4 Å². The van der Waals surface area contributed by atoms with Crippen LogP contribution >= 0.6 is 34.3 Å². The first-order chi connectivity index (χ1) is 14.7. The summed E-state index contributed by atoms with van der Waals surface area (Å²) in [6.45, 7) is 7.10. The first kappa shape index (κ1) is 21.9. The van der Waals surface area contributed by atoms with Gasteiger partial charge in [-0.05, 0) is 44.4 Å². The van der Waals surface area contributed by atoms with E-state index in [0.717, 1.165) is 14.9 Å². The Morgan fingerprint density at radius 1 is 1.29 bits per heavy atom. The van der Waals surface area contributed by atoms with Gasteiger partial charge in [-0.2, -0.15) is 21.1 Å². The summed E-state index contributed by atoms with van der Waals surface area (Å²) in [6.07, 6.45) is -0.328. The molecular weight excluding hydrogens is 456 g/mol. The van der Waals surface area contributed by atoms with Crippen molar-refractivity contribution >= 4 is 52.1 Å². The third kappa shape index (κ3) is 5.11. The molecule has 1 saturated heterocycles. The lowest BCUT2D eigenvalue weighted by Crippen LogP contribution is -2.50. The van der Waals surface area contributed by atoms with Crippen molar-refractivity contribution in [2.24, 2.45) is 0 Å². The standard InChI is InChI=1S/C21H23ClN4O3S2/c1-21(2,3)29-20(28)25-10-14(11-25)16-8-18(23-9-15-4-5-17(22)31-15)26(24-16)19(27)13-6-7-30-12-13/h4-8,12,14,23H,9-11H2,1-3H3. The Morgan fingerprint density at radius 2 is 2.06 bits per heavy atom. The SMILES string of the molecule is CC(C)(C)OC(=O)N1CC(c2cc(NCc3ccc(Cl)s3)n(C(=O)c3ccsc3)n2)C1. The van der Waals surface area contributed by atoms with Crippen LogP contribution in [-0.2, 0) is 11.3 Å². The third-order valence-corrected chi connectivity index (χ3v) is 6.63. The van der Waals surface area contributed by atoms with E-state index in [1.165, 1.54) is 27.4 Å². The molecule has 0 atom stereocenters. The van der Waals surface area contributed by atoms with Crippen LogP contribution in [-0.4, -0.2) is 45.4 Å². The molecule has 164 valence electrons. The lowest BCUT2D eigenvalue weighted by Gasteiger charge is -2.38. The average Bonchev–Trinajstić information content (AvgIpc) is 3.37. The monoisotopic (exact) mass is 478 g/mol. The molecule has 10 heteroatoms. The maximum absolute atomic E-state index is 13.0.